The van der Waals surface area contributed by atoms with Crippen LogP contribution in [0, 0.1) is 5.92 Å². The highest BCUT2D eigenvalue weighted by atomic mass is 28.4. The number of carbonyl (C=O) groups excluding carboxylic acids is 2. The molecule has 0 aromatic heterocycles. The van der Waals surface area contributed by atoms with Crippen molar-refractivity contribution in [3.05, 3.63) is 0 Å². The van der Waals surface area contributed by atoms with E-state index in [1.807, 2.05) is 32.8 Å². The number of rotatable bonds is 16. The summed E-state index contributed by atoms with van der Waals surface area (Å²) in [6, 6.07) is 0.738. The van der Waals surface area contributed by atoms with Crippen molar-refractivity contribution in [3.8, 4) is 0 Å². The van der Waals surface area contributed by atoms with Gasteiger partial charge in [0.15, 0.2) is 5.92 Å². The minimum absolute atomic E-state index is 0.150. The van der Waals surface area contributed by atoms with E-state index in [0.29, 0.717) is 19.3 Å². The summed E-state index contributed by atoms with van der Waals surface area (Å²) in [7, 11) is 4.78. The smallest absolute Gasteiger partial charge is 0.468 e. The fraction of sp³-hybridized carbons (Fsp3) is 0.920. The van der Waals surface area contributed by atoms with Crippen LogP contribution in [-0.4, -0.2) is 89.7 Å². The standard InChI is InChI=1S/C25H49NO9Si/c1-24(2)17-19(27)18-25(3,4)26(24)35-20(16-21(22(28)30-5)23(29)31-6)14-12-10-11-13-15-36(32-7,33-8)34-9/h19-21,27H,10-18H2,1-9H3. The summed E-state index contributed by atoms with van der Waals surface area (Å²) in [4.78, 5) is 31.3. The van der Waals surface area contributed by atoms with Crippen molar-refractivity contribution < 1.29 is 42.3 Å². The number of aliphatic hydroxyl groups excluding tert-OH is 1. The topological polar surface area (TPSA) is 113 Å². The monoisotopic (exact) mass is 535 g/mol. The molecule has 0 aliphatic carbocycles. The maximum absolute atomic E-state index is 12.4. The van der Waals surface area contributed by atoms with Crippen molar-refractivity contribution >= 4 is 20.7 Å². The molecule has 10 nitrogen and oxygen atoms in total. The maximum atomic E-state index is 12.4. The highest BCUT2D eigenvalue weighted by Crippen LogP contribution is 2.40. The Hall–Kier alpha value is -1.08. The Labute approximate surface area is 218 Å². The van der Waals surface area contributed by atoms with Crippen LogP contribution in [0.4, 0.5) is 0 Å². The van der Waals surface area contributed by atoms with Crippen molar-refractivity contribution in [1.29, 1.82) is 0 Å². The molecule has 1 N–H and O–H groups in total. The fourth-order valence-corrected chi connectivity index (χ4v) is 7.11. The number of piperidine rings is 1. The molecule has 0 amide bonds. The fourth-order valence-electron chi connectivity index (χ4n) is 5.32. The molecule has 1 unspecified atom stereocenters. The van der Waals surface area contributed by atoms with Crippen molar-refractivity contribution in [1.82, 2.24) is 5.06 Å². The SMILES string of the molecule is COC(=O)C(CC(CCCCCC[Si](OC)(OC)OC)ON1C(C)(C)CC(O)CC1(C)C)C(=O)OC. The summed E-state index contributed by atoms with van der Waals surface area (Å²) >= 11 is 0. The lowest BCUT2D eigenvalue weighted by Crippen LogP contribution is -2.62. The molecule has 1 atom stereocenters. The maximum Gasteiger partial charge on any atom is 0.500 e. The second-order valence-electron chi connectivity index (χ2n) is 10.8. The molecule has 1 aliphatic rings. The molecular weight excluding hydrogens is 486 g/mol. The predicted molar refractivity (Wildman–Crippen MR) is 137 cm³/mol. The number of esters is 2. The normalized spacial score (nSPS) is 19.3. The highest BCUT2D eigenvalue weighted by Gasteiger charge is 2.47. The Morgan fingerprint density at radius 3 is 1.78 bits per heavy atom. The molecule has 0 radical (unpaired) electrons. The van der Waals surface area contributed by atoms with Gasteiger partial charge in [-0.1, -0.05) is 19.3 Å². The van der Waals surface area contributed by atoms with Crippen molar-refractivity contribution in [3.63, 3.8) is 0 Å². The molecule has 1 rings (SSSR count). The van der Waals surface area contributed by atoms with Gasteiger partial charge in [-0.2, -0.15) is 5.06 Å². The van der Waals surface area contributed by atoms with Crippen LogP contribution < -0.4 is 0 Å². The number of methoxy groups -OCH3 is 2. The Kier molecular flexibility index (Phi) is 13.5. The highest BCUT2D eigenvalue weighted by molar-refractivity contribution is 6.60. The first-order valence-electron chi connectivity index (χ1n) is 12.8. The minimum Gasteiger partial charge on any atom is -0.468 e. The Morgan fingerprint density at radius 1 is 0.861 bits per heavy atom. The molecular formula is C25H49NO9Si. The number of nitrogens with zero attached hydrogens (tertiary/aromatic N) is 1. The van der Waals surface area contributed by atoms with Crippen molar-refractivity contribution in [2.24, 2.45) is 5.92 Å². The van der Waals surface area contributed by atoms with Gasteiger partial charge in [0.2, 0.25) is 0 Å². The number of ether oxygens (including phenoxy) is 2. The van der Waals surface area contributed by atoms with E-state index in [2.05, 4.69) is 0 Å². The van der Waals surface area contributed by atoms with Crippen molar-refractivity contribution in [2.45, 2.75) is 108 Å². The first-order valence-corrected chi connectivity index (χ1v) is 14.7. The molecule has 0 saturated carbocycles. The largest absolute Gasteiger partial charge is 0.500 e. The molecule has 1 saturated heterocycles. The number of hydrogen-bond donors (Lipinski definition) is 1. The molecule has 0 aromatic rings. The van der Waals surface area contributed by atoms with Crippen molar-refractivity contribution in [2.75, 3.05) is 35.5 Å². The number of hydroxylamine groups is 2. The van der Waals surface area contributed by atoms with E-state index in [0.717, 1.165) is 31.7 Å². The average Bonchev–Trinajstić information content (AvgIpc) is 2.82. The number of carbonyl (C=O) groups is 2. The first-order chi connectivity index (χ1) is 16.8. The van der Waals surface area contributed by atoms with Crippen LogP contribution in [0.2, 0.25) is 6.04 Å². The van der Waals surface area contributed by atoms with Crippen LogP contribution in [0.5, 0.6) is 0 Å². The van der Waals surface area contributed by atoms with E-state index in [9.17, 15) is 14.7 Å². The van der Waals surface area contributed by atoms with E-state index in [1.165, 1.54) is 14.2 Å². The molecule has 1 heterocycles. The van der Waals surface area contributed by atoms with Crippen LogP contribution in [0.3, 0.4) is 0 Å². The molecule has 0 spiro atoms. The first kappa shape index (κ1) is 32.9. The summed E-state index contributed by atoms with van der Waals surface area (Å²) in [5.41, 5.74) is -0.861. The number of hydrogen-bond acceptors (Lipinski definition) is 10. The third-order valence-electron chi connectivity index (χ3n) is 6.99. The van der Waals surface area contributed by atoms with Gasteiger partial charge in [0.05, 0.1) is 26.4 Å². The number of unbranched alkanes of at least 4 members (excludes halogenated alkanes) is 3. The summed E-state index contributed by atoms with van der Waals surface area (Å²) in [6.07, 6.45) is 4.74. The summed E-state index contributed by atoms with van der Waals surface area (Å²) in [5.74, 6) is -2.34. The number of aliphatic hydroxyl groups is 1. The summed E-state index contributed by atoms with van der Waals surface area (Å²) in [5, 5.41) is 12.3. The zero-order valence-corrected chi connectivity index (χ0v) is 24.8. The second-order valence-corrected chi connectivity index (χ2v) is 13.9. The molecule has 212 valence electrons. The van der Waals surface area contributed by atoms with E-state index >= 15 is 0 Å². The van der Waals surface area contributed by atoms with E-state index in [-0.39, 0.29) is 6.42 Å². The predicted octanol–water partition coefficient (Wildman–Crippen LogP) is 3.48. The van der Waals surface area contributed by atoms with Gasteiger partial charge < -0.3 is 27.9 Å². The quantitative estimate of drug-likeness (QED) is 0.136. The summed E-state index contributed by atoms with van der Waals surface area (Å²) < 4.78 is 26.2. The molecule has 0 bridgehead atoms. The molecule has 1 aliphatic heterocycles. The van der Waals surface area contributed by atoms with E-state index in [4.69, 9.17) is 27.6 Å². The third kappa shape index (κ3) is 9.34. The van der Waals surface area contributed by atoms with Crippen LogP contribution in [-0.2, 0) is 37.2 Å². The lowest BCUT2D eigenvalue weighted by molar-refractivity contribution is -0.316. The van der Waals surface area contributed by atoms with Gasteiger partial charge in [-0.3, -0.25) is 14.4 Å². The van der Waals surface area contributed by atoms with Gasteiger partial charge in [0.1, 0.15) is 0 Å². The van der Waals surface area contributed by atoms with E-state index in [1.54, 1.807) is 21.3 Å². The van der Waals surface area contributed by atoms with Crippen LogP contribution in [0.15, 0.2) is 0 Å². The van der Waals surface area contributed by atoms with E-state index < -0.39 is 49.9 Å². The van der Waals surface area contributed by atoms with Gasteiger partial charge >= 0.3 is 20.7 Å². The molecule has 0 aromatic carbocycles. The lowest BCUT2D eigenvalue weighted by atomic mass is 9.80. The molecule has 11 heteroatoms. The molecule has 36 heavy (non-hydrogen) atoms. The Morgan fingerprint density at radius 2 is 1.33 bits per heavy atom. The second kappa shape index (κ2) is 14.7. The van der Waals surface area contributed by atoms with Crippen LogP contribution >= 0.6 is 0 Å². The van der Waals surface area contributed by atoms with Gasteiger partial charge in [0, 0.05) is 38.5 Å². The molecule has 1 fully saturated rings. The zero-order chi connectivity index (χ0) is 27.6. The van der Waals surface area contributed by atoms with Gasteiger partial charge in [-0.15, -0.1) is 0 Å². The van der Waals surface area contributed by atoms with Gasteiger partial charge in [-0.25, -0.2) is 0 Å². The minimum atomic E-state index is -2.58. The van der Waals surface area contributed by atoms with Gasteiger partial charge in [-0.05, 0) is 59.8 Å². The average molecular weight is 536 g/mol. The van der Waals surface area contributed by atoms with Crippen LogP contribution in [0.25, 0.3) is 0 Å². The van der Waals surface area contributed by atoms with Crippen LogP contribution in [0.1, 0.15) is 79.1 Å². The Bertz CT molecular complexity index is 642. The lowest BCUT2D eigenvalue weighted by Gasteiger charge is -2.53. The third-order valence-corrected chi connectivity index (χ3v) is 9.82. The zero-order valence-electron chi connectivity index (χ0n) is 23.8. The van der Waals surface area contributed by atoms with Gasteiger partial charge in [0.25, 0.3) is 0 Å². The summed E-state index contributed by atoms with van der Waals surface area (Å²) in [6.45, 7) is 8.13. The Balaban J connectivity index is 2.92.